The molecule has 1 aliphatic heterocycles. The van der Waals surface area contributed by atoms with E-state index in [1.165, 1.54) is 42.5 Å². The highest BCUT2D eigenvalue weighted by Crippen LogP contribution is 2.44. The number of hydrogen-bond donors (Lipinski definition) is 1. The van der Waals surface area contributed by atoms with E-state index in [2.05, 4.69) is 4.98 Å². The number of fused-ring (bicyclic) bond motifs is 1. The van der Waals surface area contributed by atoms with Gasteiger partial charge in [-0.25, -0.2) is 13.8 Å². The molecule has 0 radical (unpaired) electrons. The molecule has 32 heavy (non-hydrogen) atoms. The summed E-state index contributed by atoms with van der Waals surface area (Å²) in [4.78, 5) is 31.7. The zero-order chi connectivity index (χ0) is 22.6. The molecule has 2 aromatic carbocycles. The molecule has 1 atom stereocenters. The summed E-state index contributed by atoms with van der Waals surface area (Å²) in [5.74, 6) is -3.25. The lowest BCUT2D eigenvalue weighted by molar-refractivity contribution is -0.117. The minimum Gasteiger partial charge on any atom is -0.503 e. The Hall–Kier alpha value is -3.85. The molecule has 1 N–H and O–H groups in total. The highest BCUT2D eigenvalue weighted by Gasteiger charge is 2.47. The second kappa shape index (κ2) is 7.38. The third-order valence-electron chi connectivity index (χ3n) is 5.16. The number of halogens is 2. The minimum absolute atomic E-state index is 0.00182. The first kappa shape index (κ1) is 20.1. The average Bonchev–Trinajstić information content (AvgIpc) is 3.44. The lowest BCUT2D eigenvalue weighted by atomic mass is 9.95. The molecule has 6 nitrogen and oxygen atoms in total. The van der Waals surface area contributed by atoms with E-state index in [4.69, 9.17) is 4.42 Å². The number of Topliss-reactive ketones (excluding diaryl/α,β-unsaturated/α-hetero) is 1. The van der Waals surface area contributed by atoms with Crippen LogP contribution in [0.15, 0.2) is 70.3 Å². The number of benzene rings is 2. The minimum atomic E-state index is -1.29. The summed E-state index contributed by atoms with van der Waals surface area (Å²) in [5.41, 5.74) is 0.106. The normalized spacial score (nSPS) is 16.4. The second-order valence-corrected chi connectivity index (χ2v) is 8.22. The maximum atomic E-state index is 14.8. The Labute approximate surface area is 184 Å². The Balaban J connectivity index is 1.70. The third kappa shape index (κ3) is 3.09. The number of hydrogen-bond acceptors (Lipinski definition) is 6. The molecule has 0 saturated heterocycles. The topological polar surface area (TPSA) is 83.6 Å². The smallest absolute Gasteiger partial charge is 0.296 e. The molecule has 5 rings (SSSR count). The predicted octanol–water partition coefficient (Wildman–Crippen LogP) is 5.26. The molecule has 160 valence electrons. The maximum absolute atomic E-state index is 14.8. The van der Waals surface area contributed by atoms with Gasteiger partial charge in [0, 0.05) is 5.56 Å². The van der Waals surface area contributed by atoms with Gasteiger partial charge >= 0.3 is 0 Å². The van der Waals surface area contributed by atoms with Gasteiger partial charge in [-0.2, -0.15) is 0 Å². The molecule has 0 spiro atoms. The molecule has 3 heterocycles. The Morgan fingerprint density at radius 1 is 1.16 bits per heavy atom. The summed E-state index contributed by atoms with van der Waals surface area (Å²) in [6, 6.07) is 11.3. The zero-order valence-corrected chi connectivity index (χ0v) is 17.3. The lowest BCUT2D eigenvalue weighted by Crippen LogP contribution is -2.31. The molecule has 1 aliphatic rings. The van der Waals surface area contributed by atoms with Crippen molar-refractivity contribution in [3.8, 4) is 0 Å². The Morgan fingerprint density at radius 3 is 2.66 bits per heavy atom. The van der Waals surface area contributed by atoms with Crippen molar-refractivity contribution in [2.45, 2.75) is 13.0 Å². The first-order chi connectivity index (χ1) is 15.3. The SMILES string of the molecule is Cc1ccc(C(=O)C2=C(O)C(=O)N(c3nc4ccc(F)cc4s3)C2c2ccccc2F)o1. The summed E-state index contributed by atoms with van der Waals surface area (Å²) >= 11 is 0.991. The van der Waals surface area contributed by atoms with Crippen molar-refractivity contribution in [3.05, 3.63) is 94.6 Å². The number of anilines is 1. The molecule has 1 amide bonds. The third-order valence-corrected chi connectivity index (χ3v) is 6.18. The fourth-order valence-corrected chi connectivity index (χ4v) is 4.72. The number of ketones is 1. The Kier molecular flexibility index (Phi) is 4.63. The van der Waals surface area contributed by atoms with Gasteiger partial charge in [0.15, 0.2) is 16.7 Å². The van der Waals surface area contributed by atoms with E-state index in [9.17, 15) is 23.5 Å². The van der Waals surface area contributed by atoms with Crippen molar-refractivity contribution < 1.29 is 27.9 Å². The van der Waals surface area contributed by atoms with Crippen LogP contribution in [0.3, 0.4) is 0 Å². The predicted molar refractivity (Wildman–Crippen MR) is 114 cm³/mol. The van der Waals surface area contributed by atoms with Gasteiger partial charge in [0.05, 0.1) is 15.8 Å². The van der Waals surface area contributed by atoms with Crippen molar-refractivity contribution >= 4 is 38.4 Å². The van der Waals surface area contributed by atoms with Crippen LogP contribution in [0.5, 0.6) is 0 Å². The molecule has 0 aliphatic carbocycles. The van der Waals surface area contributed by atoms with Crippen molar-refractivity contribution in [2.24, 2.45) is 0 Å². The number of carbonyl (C=O) groups excluding carboxylic acids is 2. The van der Waals surface area contributed by atoms with Crippen molar-refractivity contribution in [1.29, 1.82) is 0 Å². The summed E-state index contributed by atoms with van der Waals surface area (Å²) in [5, 5.41) is 10.8. The number of aliphatic hydroxyl groups is 1. The van der Waals surface area contributed by atoms with Gasteiger partial charge in [0.1, 0.15) is 23.4 Å². The monoisotopic (exact) mass is 452 g/mol. The van der Waals surface area contributed by atoms with E-state index >= 15 is 0 Å². The summed E-state index contributed by atoms with van der Waals surface area (Å²) in [7, 11) is 0. The van der Waals surface area contributed by atoms with Crippen LogP contribution in [-0.4, -0.2) is 21.8 Å². The quantitative estimate of drug-likeness (QED) is 0.427. The molecular formula is C23H14F2N2O4S. The van der Waals surface area contributed by atoms with E-state index in [1.807, 2.05) is 0 Å². The number of aromatic nitrogens is 1. The van der Waals surface area contributed by atoms with Gasteiger partial charge in [0.25, 0.3) is 5.91 Å². The van der Waals surface area contributed by atoms with Gasteiger partial charge in [0.2, 0.25) is 5.78 Å². The summed E-state index contributed by atoms with van der Waals surface area (Å²) in [6.45, 7) is 1.64. The molecule has 0 saturated carbocycles. The number of thiazole rings is 1. The van der Waals surface area contributed by atoms with E-state index in [0.717, 1.165) is 16.2 Å². The number of carbonyl (C=O) groups is 2. The Bertz CT molecular complexity index is 1440. The van der Waals surface area contributed by atoms with Crippen LogP contribution >= 0.6 is 11.3 Å². The van der Waals surface area contributed by atoms with Crippen LogP contribution in [0, 0.1) is 18.6 Å². The van der Waals surface area contributed by atoms with Gasteiger partial charge in [-0.15, -0.1) is 0 Å². The van der Waals surface area contributed by atoms with Crippen LogP contribution < -0.4 is 4.90 Å². The van der Waals surface area contributed by atoms with Crippen LogP contribution in [0.4, 0.5) is 13.9 Å². The first-order valence-electron chi connectivity index (χ1n) is 9.53. The van der Waals surface area contributed by atoms with Gasteiger partial charge in [-0.05, 0) is 43.3 Å². The zero-order valence-electron chi connectivity index (χ0n) is 16.5. The standard InChI is InChI=1S/C23H14F2N2O4S/c1-11-6-9-16(31-11)20(28)18-19(13-4-2-3-5-14(13)25)27(22(30)21(18)29)23-26-15-8-7-12(24)10-17(15)32-23/h2-10,19,29H,1H3. The Morgan fingerprint density at radius 2 is 1.94 bits per heavy atom. The molecular weight excluding hydrogens is 438 g/mol. The van der Waals surface area contributed by atoms with E-state index in [0.29, 0.717) is 16.0 Å². The lowest BCUT2D eigenvalue weighted by Gasteiger charge is -2.24. The van der Waals surface area contributed by atoms with Crippen LogP contribution in [0.2, 0.25) is 0 Å². The van der Waals surface area contributed by atoms with Crippen LogP contribution in [-0.2, 0) is 4.79 Å². The maximum Gasteiger partial charge on any atom is 0.296 e. The first-order valence-corrected chi connectivity index (χ1v) is 10.3. The molecule has 2 aromatic heterocycles. The van der Waals surface area contributed by atoms with Crippen LogP contribution in [0.1, 0.15) is 27.9 Å². The molecule has 0 bridgehead atoms. The molecule has 1 unspecified atom stereocenters. The largest absolute Gasteiger partial charge is 0.503 e. The highest BCUT2D eigenvalue weighted by atomic mass is 32.1. The molecule has 4 aromatic rings. The van der Waals surface area contributed by atoms with Crippen molar-refractivity contribution in [3.63, 3.8) is 0 Å². The van der Waals surface area contributed by atoms with Crippen molar-refractivity contribution in [2.75, 3.05) is 4.90 Å². The number of amides is 1. The molecule has 0 fully saturated rings. The summed E-state index contributed by atoms with van der Waals surface area (Å²) in [6.07, 6.45) is 0. The second-order valence-electron chi connectivity index (χ2n) is 7.21. The highest BCUT2D eigenvalue weighted by molar-refractivity contribution is 7.22. The van der Waals surface area contributed by atoms with Crippen molar-refractivity contribution in [1.82, 2.24) is 4.98 Å². The fraction of sp³-hybridized carbons (Fsp3) is 0.0870. The molecule has 9 heteroatoms. The van der Waals surface area contributed by atoms with Gasteiger partial charge < -0.3 is 9.52 Å². The van der Waals surface area contributed by atoms with Gasteiger partial charge in [-0.1, -0.05) is 29.5 Å². The number of aliphatic hydroxyl groups excluding tert-OH is 1. The fourth-order valence-electron chi connectivity index (χ4n) is 3.70. The number of rotatable bonds is 4. The number of aryl methyl sites for hydroxylation is 1. The average molecular weight is 452 g/mol. The summed E-state index contributed by atoms with van der Waals surface area (Å²) < 4.78 is 34.3. The van der Waals surface area contributed by atoms with Crippen LogP contribution in [0.25, 0.3) is 10.2 Å². The number of nitrogens with zero attached hydrogens (tertiary/aromatic N) is 2. The number of furan rings is 1. The van der Waals surface area contributed by atoms with E-state index in [1.54, 1.807) is 19.1 Å². The van der Waals surface area contributed by atoms with E-state index in [-0.39, 0.29) is 22.0 Å². The van der Waals surface area contributed by atoms with Gasteiger partial charge in [-0.3, -0.25) is 14.5 Å². The van der Waals surface area contributed by atoms with E-state index < -0.39 is 35.1 Å².